The van der Waals surface area contributed by atoms with E-state index in [0.717, 1.165) is 27.9 Å². The summed E-state index contributed by atoms with van der Waals surface area (Å²) in [5.41, 5.74) is 2.80. The molecule has 0 saturated carbocycles. The zero-order valence-corrected chi connectivity index (χ0v) is 18.6. The van der Waals surface area contributed by atoms with Gasteiger partial charge in [0.1, 0.15) is 0 Å². The van der Waals surface area contributed by atoms with Gasteiger partial charge in [0.05, 0.1) is 23.7 Å². The van der Waals surface area contributed by atoms with E-state index < -0.39 is 17.9 Å². The summed E-state index contributed by atoms with van der Waals surface area (Å²) in [7, 11) is 0. The fourth-order valence-corrected chi connectivity index (χ4v) is 5.12. The van der Waals surface area contributed by atoms with E-state index in [9.17, 15) is 9.59 Å². The molecule has 0 saturated heterocycles. The summed E-state index contributed by atoms with van der Waals surface area (Å²) in [6.45, 7) is 8.79. The summed E-state index contributed by atoms with van der Waals surface area (Å²) in [6.07, 6.45) is 0.827. The Labute approximate surface area is 180 Å². The number of carbonyl (C=O) groups excluding carboxylic acids is 2. The smallest absolute Gasteiger partial charge is 0.321 e. The molecular formula is C23H27N3O3S. The SMILES string of the molecule is CCOC(=O)[C@H]1C(=O)N(CCC(C)C)c2nc3ccccc3n2[C@H]1c1sccc1C. The van der Waals surface area contributed by atoms with Crippen molar-refractivity contribution in [2.24, 2.45) is 11.8 Å². The van der Waals surface area contributed by atoms with Crippen LogP contribution in [0.3, 0.4) is 0 Å². The van der Waals surface area contributed by atoms with Crippen LogP contribution in [0, 0.1) is 18.8 Å². The third-order valence-corrected chi connectivity index (χ3v) is 6.68. The van der Waals surface area contributed by atoms with Crippen LogP contribution in [0.2, 0.25) is 0 Å². The summed E-state index contributed by atoms with van der Waals surface area (Å²) in [5.74, 6) is -0.596. The largest absolute Gasteiger partial charge is 0.465 e. The maximum absolute atomic E-state index is 13.7. The Hall–Kier alpha value is -2.67. The molecule has 6 nitrogen and oxygen atoms in total. The summed E-state index contributed by atoms with van der Waals surface area (Å²) in [4.78, 5) is 34.3. The number of esters is 1. The third kappa shape index (κ3) is 3.41. The van der Waals surface area contributed by atoms with E-state index in [0.29, 0.717) is 18.4 Å². The lowest BCUT2D eigenvalue weighted by atomic mass is 9.92. The first-order chi connectivity index (χ1) is 14.4. The van der Waals surface area contributed by atoms with Crippen molar-refractivity contribution in [1.29, 1.82) is 0 Å². The first-order valence-corrected chi connectivity index (χ1v) is 11.3. The Balaban J connectivity index is 1.96. The Bertz CT molecular complexity index is 1080. The quantitative estimate of drug-likeness (QED) is 0.429. The van der Waals surface area contributed by atoms with E-state index >= 15 is 0 Å². The molecule has 158 valence electrons. The Morgan fingerprint density at radius 1 is 1.27 bits per heavy atom. The van der Waals surface area contributed by atoms with Crippen LogP contribution >= 0.6 is 11.3 Å². The second-order valence-corrected chi connectivity index (χ2v) is 9.03. The van der Waals surface area contributed by atoms with Gasteiger partial charge in [-0.2, -0.15) is 0 Å². The minimum absolute atomic E-state index is 0.227. The van der Waals surface area contributed by atoms with Gasteiger partial charge >= 0.3 is 5.97 Å². The average Bonchev–Trinajstić information content (AvgIpc) is 3.30. The molecule has 30 heavy (non-hydrogen) atoms. The molecule has 1 aliphatic rings. The highest BCUT2D eigenvalue weighted by Crippen LogP contribution is 2.43. The van der Waals surface area contributed by atoms with Crippen molar-refractivity contribution >= 4 is 40.2 Å². The highest BCUT2D eigenvalue weighted by atomic mass is 32.1. The van der Waals surface area contributed by atoms with Crippen molar-refractivity contribution < 1.29 is 14.3 Å². The lowest BCUT2D eigenvalue weighted by Gasteiger charge is -2.37. The van der Waals surface area contributed by atoms with Crippen molar-refractivity contribution in [1.82, 2.24) is 9.55 Å². The van der Waals surface area contributed by atoms with Gasteiger partial charge in [0.2, 0.25) is 11.9 Å². The summed E-state index contributed by atoms with van der Waals surface area (Å²) in [5, 5.41) is 2.00. The number of carbonyl (C=O) groups is 2. The molecule has 1 aliphatic heterocycles. The molecule has 3 heterocycles. The highest BCUT2D eigenvalue weighted by molar-refractivity contribution is 7.10. The summed E-state index contributed by atoms with van der Waals surface area (Å²) < 4.78 is 7.45. The van der Waals surface area contributed by atoms with Gasteiger partial charge in [-0.1, -0.05) is 26.0 Å². The molecule has 0 aliphatic carbocycles. The van der Waals surface area contributed by atoms with Crippen LogP contribution in [0.5, 0.6) is 0 Å². The number of nitrogens with zero attached hydrogens (tertiary/aromatic N) is 3. The van der Waals surface area contributed by atoms with Crippen LogP contribution in [0.1, 0.15) is 43.7 Å². The number of aromatic nitrogens is 2. The van der Waals surface area contributed by atoms with E-state index in [1.807, 2.05) is 42.6 Å². The number of amides is 1. The number of hydrogen-bond donors (Lipinski definition) is 0. The Morgan fingerprint density at radius 3 is 2.70 bits per heavy atom. The molecule has 0 fully saturated rings. The van der Waals surface area contributed by atoms with Gasteiger partial charge in [-0.05, 0) is 55.3 Å². The van der Waals surface area contributed by atoms with Gasteiger partial charge in [0.25, 0.3) is 0 Å². The van der Waals surface area contributed by atoms with E-state index in [1.54, 1.807) is 23.2 Å². The lowest BCUT2D eigenvalue weighted by molar-refractivity contribution is -0.153. The van der Waals surface area contributed by atoms with Gasteiger partial charge in [0, 0.05) is 11.4 Å². The number of benzene rings is 1. The zero-order chi connectivity index (χ0) is 21.4. The van der Waals surface area contributed by atoms with E-state index in [1.165, 1.54) is 0 Å². The van der Waals surface area contributed by atoms with Gasteiger partial charge in [-0.3, -0.25) is 19.1 Å². The van der Waals surface area contributed by atoms with E-state index in [-0.39, 0.29) is 12.5 Å². The maximum Gasteiger partial charge on any atom is 0.321 e. The number of imidazole rings is 1. The van der Waals surface area contributed by atoms with Crippen molar-refractivity contribution in [2.45, 2.75) is 40.2 Å². The number of aryl methyl sites for hydroxylation is 1. The predicted octanol–water partition coefficient (Wildman–Crippen LogP) is 4.57. The molecule has 2 atom stereocenters. The molecule has 1 aromatic carbocycles. The Kier molecular flexibility index (Phi) is 5.64. The first-order valence-electron chi connectivity index (χ1n) is 10.4. The van der Waals surface area contributed by atoms with Crippen LogP contribution in [0.4, 0.5) is 5.95 Å². The summed E-state index contributed by atoms with van der Waals surface area (Å²) in [6, 6.07) is 9.41. The number of anilines is 1. The number of ether oxygens (including phenoxy) is 1. The Morgan fingerprint density at radius 2 is 2.03 bits per heavy atom. The molecular weight excluding hydrogens is 398 g/mol. The van der Waals surface area contributed by atoms with Gasteiger partial charge in [-0.15, -0.1) is 11.3 Å². The number of para-hydroxylation sites is 2. The average molecular weight is 426 g/mol. The summed E-state index contributed by atoms with van der Waals surface area (Å²) >= 11 is 1.57. The standard InChI is InChI=1S/C23H27N3O3S/c1-5-29-22(28)18-19(20-15(4)11-13-30-20)26-17-9-7-6-8-16(17)24-23(26)25(21(18)27)12-10-14(2)3/h6-9,11,13-14,18-19H,5,10,12H2,1-4H3/t18-,19-/m1/s1. The van der Waals surface area contributed by atoms with Crippen molar-refractivity contribution in [3.05, 3.63) is 46.2 Å². The number of rotatable bonds is 6. The van der Waals surface area contributed by atoms with Crippen molar-refractivity contribution in [3.8, 4) is 0 Å². The lowest BCUT2D eigenvalue weighted by Crippen LogP contribution is -2.50. The van der Waals surface area contributed by atoms with Gasteiger partial charge < -0.3 is 4.74 Å². The molecule has 0 spiro atoms. The van der Waals surface area contributed by atoms with Gasteiger partial charge in [-0.25, -0.2) is 4.98 Å². The number of hydrogen-bond acceptors (Lipinski definition) is 5. The minimum Gasteiger partial charge on any atom is -0.465 e. The predicted molar refractivity (Wildman–Crippen MR) is 119 cm³/mol. The molecule has 0 radical (unpaired) electrons. The van der Waals surface area contributed by atoms with E-state index in [4.69, 9.17) is 9.72 Å². The van der Waals surface area contributed by atoms with Crippen LogP contribution < -0.4 is 4.90 Å². The van der Waals surface area contributed by atoms with Crippen molar-refractivity contribution in [2.75, 3.05) is 18.1 Å². The number of fused-ring (bicyclic) bond motifs is 3. The van der Waals surface area contributed by atoms with Crippen LogP contribution in [0.25, 0.3) is 11.0 Å². The van der Waals surface area contributed by atoms with Gasteiger partial charge in [0.15, 0.2) is 5.92 Å². The fourth-order valence-electron chi connectivity index (χ4n) is 4.06. The second kappa shape index (κ2) is 8.22. The molecule has 1 amide bonds. The maximum atomic E-state index is 13.7. The topological polar surface area (TPSA) is 64.4 Å². The monoisotopic (exact) mass is 425 g/mol. The van der Waals surface area contributed by atoms with Crippen LogP contribution in [-0.4, -0.2) is 34.6 Å². The molecule has 7 heteroatoms. The van der Waals surface area contributed by atoms with Crippen LogP contribution in [0.15, 0.2) is 35.7 Å². The molecule has 4 rings (SSSR count). The number of thiophene rings is 1. The first kappa shape index (κ1) is 20.6. The highest BCUT2D eigenvalue weighted by Gasteiger charge is 2.48. The minimum atomic E-state index is -0.931. The molecule has 0 unspecified atom stereocenters. The van der Waals surface area contributed by atoms with Crippen LogP contribution in [-0.2, 0) is 14.3 Å². The fraction of sp³-hybridized carbons (Fsp3) is 0.435. The second-order valence-electron chi connectivity index (χ2n) is 8.09. The molecule has 3 aromatic rings. The molecule has 2 aromatic heterocycles. The molecule has 0 N–H and O–H groups in total. The van der Waals surface area contributed by atoms with Crippen molar-refractivity contribution in [3.63, 3.8) is 0 Å². The van der Waals surface area contributed by atoms with E-state index in [2.05, 4.69) is 18.4 Å². The normalized spacial score (nSPS) is 18.8. The zero-order valence-electron chi connectivity index (χ0n) is 17.8. The molecule has 0 bridgehead atoms. The third-order valence-electron chi connectivity index (χ3n) is 5.59.